The summed E-state index contributed by atoms with van der Waals surface area (Å²) < 4.78 is 19.3. The second kappa shape index (κ2) is 9.24. The van der Waals surface area contributed by atoms with E-state index in [0.29, 0.717) is 49.2 Å². The molecular formula is C23H28N4O4. The zero-order chi connectivity index (χ0) is 21.8. The number of rotatable bonds is 8. The van der Waals surface area contributed by atoms with Crippen LogP contribution in [0.3, 0.4) is 0 Å². The molecule has 2 aromatic heterocycles. The minimum Gasteiger partial charge on any atom is -0.490 e. The summed E-state index contributed by atoms with van der Waals surface area (Å²) in [6.45, 7) is 7.76. The van der Waals surface area contributed by atoms with Crippen LogP contribution in [0.5, 0.6) is 17.2 Å². The van der Waals surface area contributed by atoms with Gasteiger partial charge in [-0.15, -0.1) is 10.2 Å². The van der Waals surface area contributed by atoms with Crippen molar-refractivity contribution >= 4 is 11.6 Å². The van der Waals surface area contributed by atoms with Crippen molar-refractivity contribution in [1.29, 1.82) is 0 Å². The molecule has 164 valence electrons. The lowest BCUT2D eigenvalue weighted by Gasteiger charge is -2.24. The fourth-order valence-corrected chi connectivity index (χ4v) is 4.04. The van der Waals surface area contributed by atoms with Gasteiger partial charge in [-0.05, 0) is 57.9 Å². The molecule has 4 rings (SSSR count). The number of pyridine rings is 1. The van der Waals surface area contributed by atoms with Gasteiger partial charge in [0.2, 0.25) is 5.75 Å². The van der Waals surface area contributed by atoms with E-state index in [2.05, 4.69) is 10.2 Å². The molecule has 1 saturated heterocycles. The van der Waals surface area contributed by atoms with Crippen molar-refractivity contribution in [2.45, 2.75) is 39.7 Å². The van der Waals surface area contributed by atoms with Crippen LogP contribution >= 0.6 is 0 Å². The highest BCUT2D eigenvalue weighted by molar-refractivity contribution is 5.96. The molecule has 0 saturated carbocycles. The van der Waals surface area contributed by atoms with Crippen molar-refractivity contribution in [2.24, 2.45) is 0 Å². The molecule has 0 unspecified atom stereocenters. The van der Waals surface area contributed by atoms with E-state index in [-0.39, 0.29) is 11.9 Å². The summed E-state index contributed by atoms with van der Waals surface area (Å²) >= 11 is 0. The molecule has 0 bridgehead atoms. The molecule has 0 N–H and O–H groups in total. The number of hydrogen-bond donors (Lipinski definition) is 0. The Balaban J connectivity index is 1.70. The Bertz CT molecular complexity index is 1040. The molecule has 1 aromatic carbocycles. The van der Waals surface area contributed by atoms with Crippen LogP contribution in [0.1, 0.15) is 55.8 Å². The number of carbonyl (C=O) groups excluding carboxylic acids is 1. The zero-order valence-electron chi connectivity index (χ0n) is 18.2. The first-order valence-corrected chi connectivity index (χ1v) is 10.8. The van der Waals surface area contributed by atoms with Gasteiger partial charge in [-0.25, -0.2) is 0 Å². The Morgan fingerprint density at radius 3 is 2.42 bits per heavy atom. The van der Waals surface area contributed by atoms with E-state index in [1.165, 1.54) is 0 Å². The van der Waals surface area contributed by atoms with Crippen molar-refractivity contribution in [3.63, 3.8) is 0 Å². The van der Waals surface area contributed by atoms with Crippen molar-refractivity contribution in [2.75, 3.05) is 26.4 Å². The number of nitrogens with zero attached hydrogens (tertiary/aromatic N) is 4. The van der Waals surface area contributed by atoms with Gasteiger partial charge in [0, 0.05) is 18.3 Å². The van der Waals surface area contributed by atoms with E-state index in [9.17, 15) is 4.79 Å². The number of ether oxygens (including phenoxy) is 3. The largest absolute Gasteiger partial charge is 0.490 e. The first-order valence-electron chi connectivity index (χ1n) is 10.8. The van der Waals surface area contributed by atoms with E-state index >= 15 is 0 Å². The third-order valence-corrected chi connectivity index (χ3v) is 5.31. The summed E-state index contributed by atoms with van der Waals surface area (Å²) in [5, 5.41) is 8.64. The molecule has 3 heterocycles. The monoisotopic (exact) mass is 424 g/mol. The van der Waals surface area contributed by atoms with Crippen molar-refractivity contribution in [1.82, 2.24) is 19.5 Å². The maximum absolute atomic E-state index is 13.6. The van der Waals surface area contributed by atoms with E-state index in [0.717, 1.165) is 24.3 Å². The van der Waals surface area contributed by atoms with Crippen molar-refractivity contribution in [3.05, 3.63) is 47.9 Å². The van der Waals surface area contributed by atoms with E-state index < -0.39 is 0 Å². The highest BCUT2D eigenvalue weighted by atomic mass is 16.5. The number of amides is 1. The van der Waals surface area contributed by atoms with Gasteiger partial charge in [-0.2, -0.15) is 0 Å². The van der Waals surface area contributed by atoms with Gasteiger partial charge < -0.3 is 19.1 Å². The average Bonchev–Trinajstić information content (AvgIpc) is 3.42. The second-order valence-corrected chi connectivity index (χ2v) is 7.24. The van der Waals surface area contributed by atoms with Crippen LogP contribution in [0.2, 0.25) is 0 Å². The number of hydrogen-bond acceptors (Lipinski definition) is 6. The van der Waals surface area contributed by atoms with Crippen molar-refractivity contribution in [3.8, 4) is 17.2 Å². The van der Waals surface area contributed by atoms with Gasteiger partial charge in [-0.3, -0.25) is 9.20 Å². The summed E-state index contributed by atoms with van der Waals surface area (Å²) in [7, 11) is 0. The Labute approximate surface area is 181 Å². The zero-order valence-corrected chi connectivity index (χ0v) is 18.2. The second-order valence-electron chi connectivity index (χ2n) is 7.24. The third-order valence-electron chi connectivity index (χ3n) is 5.31. The van der Waals surface area contributed by atoms with Crippen molar-refractivity contribution < 1.29 is 19.0 Å². The minimum absolute atomic E-state index is 0.0832. The Kier molecular flexibility index (Phi) is 6.25. The molecule has 1 fully saturated rings. The molecule has 1 aliphatic rings. The fourth-order valence-electron chi connectivity index (χ4n) is 4.04. The molecule has 1 amide bonds. The third kappa shape index (κ3) is 4.02. The highest BCUT2D eigenvalue weighted by Gasteiger charge is 2.34. The smallest absolute Gasteiger partial charge is 0.254 e. The SMILES string of the molecule is CCOc1cc(C(=O)N2CCC[C@H]2c2nnc3ccccn23)cc(OCC)c1OCC. The van der Waals surface area contributed by atoms with E-state index in [4.69, 9.17) is 14.2 Å². The summed E-state index contributed by atoms with van der Waals surface area (Å²) in [5.41, 5.74) is 1.28. The summed E-state index contributed by atoms with van der Waals surface area (Å²) in [4.78, 5) is 15.5. The van der Waals surface area contributed by atoms with Gasteiger partial charge in [0.25, 0.3) is 5.91 Å². The van der Waals surface area contributed by atoms with E-state index in [1.54, 1.807) is 12.1 Å². The molecule has 0 aliphatic carbocycles. The molecule has 3 aromatic rings. The molecule has 0 spiro atoms. The topological polar surface area (TPSA) is 78.2 Å². The Morgan fingerprint density at radius 1 is 1.03 bits per heavy atom. The molecule has 31 heavy (non-hydrogen) atoms. The van der Waals surface area contributed by atoms with Crippen LogP contribution < -0.4 is 14.2 Å². The van der Waals surface area contributed by atoms with Crippen LogP contribution in [0.4, 0.5) is 0 Å². The molecule has 0 radical (unpaired) electrons. The van der Waals surface area contributed by atoms with Crippen LogP contribution in [0.25, 0.3) is 5.65 Å². The lowest BCUT2D eigenvalue weighted by Crippen LogP contribution is -2.31. The van der Waals surface area contributed by atoms with Gasteiger partial charge >= 0.3 is 0 Å². The number of carbonyl (C=O) groups is 1. The average molecular weight is 425 g/mol. The molecular weight excluding hydrogens is 396 g/mol. The van der Waals surface area contributed by atoms with Crippen LogP contribution in [0.15, 0.2) is 36.5 Å². The first-order chi connectivity index (χ1) is 15.2. The van der Waals surface area contributed by atoms with Gasteiger partial charge in [0.1, 0.15) is 0 Å². The molecule has 8 nitrogen and oxygen atoms in total. The quantitative estimate of drug-likeness (QED) is 0.546. The summed E-state index contributed by atoms with van der Waals surface area (Å²) in [6, 6.07) is 9.13. The Hall–Kier alpha value is -3.29. The van der Waals surface area contributed by atoms with Gasteiger partial charge in [0.15, 0.2) is 23.0 Å². The van der Waals surface area contributed by atoms with Crippen LogP contribution in [0, 0.1) is 0 Å². The Morgan fingerprint density at radius 2 is 1.74 bits per heavy atom. The highest BCUT2D eigenvalue weighted by Crippen LogP contribution is 2.40. The van der Waals surface area contributed by atoms with Gasteiger partial charge in [0.05, 0.1) is 25.9 Å². The molecule has 8 heteroatoms. The van der Waals surface area contributed by atoms with Gasteiger partial charge in [-0.1, -0.05) is 6.07 Å². The minimum atomic E-state index is -0.137. The molecule has 1 aliphatic heterocycles. The predicted molar refractivity (Wildman–Crippen MR) is 116 cm³/mol. The molecule has 1 atom stereocenters. The first kappa shape index (κ1) is 21.0. The fraction of sp³-hybridized carbons (Fsp3) is 0.435. The number of benzene rings is 1. The van der Waals surface area contributed by atoms with Crippen LogP contribution in [-0.2, 0) is 0 Å². The maximum atomic E-state index is 13.6. The summed E-state index contributed by atoms with van der Waals surface area (Å²) in [6.07, 6.45) is 3.68. The number of fused-ring (bicyclic) bond motifs is 1. The van der Waals surface area contributed by atoms with Crippen LogP contribution in [-0.4, -0.2) is 51.8 Å². The van der Waals surface area contributed by atoms with E-state index in [1.807, 2.05) is 54.5 Å². The number of likely N-dealkylation sites (tertiary alicyclic amines) is 1. The lowest BCUT2D eigenvalue weighted by molar-refractivity contribution is 0.0728. The normalized spacial score (nSPS) is 16.0. The summed E-state index contributed by atoms with van der Waals surface area (Å²) in [5.74, 6) is 2.26. The predicted octanol–water partition coefficient (Wildman–Crippen LogP) is 3.90. The standard InChI is InChI=1S/C23H28N4O4/c1-4-29-18-14-16(15-19(30-5-2)21(18)31-6-3)23(28)26-13-9-10-17(26)22-25-24-20-11-7-8-12-27(20)22/h7-8,11-12,14-15,17H,4-6,9-10,13H2,1-3H3/t17-/m0/s1. The number of aromatic nitrogens is 3. The lowest BCUT2D eigenvalue weighted by atomic mass is 10.1. The maximum Gasteiger partial charge on any atom is 0.254 e.